The van der Waals surface area contributed by atoms with Crippen molar-refractivity contribution in [3.05, 3.63) is 29.3 Å². The smallest absolute Gasteiger partial charge is 0.0994 e. The second-order valence-corrected chi connectivity index (χ2v) is 6.00. The number of hydrogen-bond donors (Lipinski definition) is 2. The maximum Gasteiger partial charge on any atom is 0.0994 e. The number of nitrogens with one attached hydrogen (secondary N) is 2. The normalized spacial score (nSPS) is 16.6. The summed E-state index contributed by atoms with van der Waals surface area (Å²) in [6, 6.07) is 8.17. The number of benzene rings is 1. The van der Waals surface area contributed by atoms with E-state index < -0.39 is 0 Å². The summed E-state index contributed by atoms with van der Waals surface area (Å²) in [5.41, 5.74) is 2.69. The van der Waals surface area contributed by atoms with Crippen LogP contribution in [-0.2, 0) is 0 Å². The molecule has 1 aliphatic rings. The Morgan fingerprint density at radius 2 is 2.20 bits per heavy atom. The molecule has 1 saturated carbocycles. The largest absolute Gasteiger partial charge is 0.382 e. The van der Waals surface area contributed by atoms with Gasteiger partial charge in [0.25, 0.3) is 0 Å². The van der Waals surface area contributed by atoms with Gasteiger partial charge in [-0.05, 0) is 49.4 Å². The van der Waals surface area contributed by atoms with Gasteiger partial charge in [0, 0.05) is 18.2 Å². The van der Waals surface area contributed by atoms with Crippen LogP contribution in [0.4, 0.5) is 5.69 Å². The maximum absolute atomic E-state index is 8.97. The quantitative estimate of drug-likeness (QED) is 0.787. The molecule has 20 heavy (non-hydrogen) atoms. The van der Waals surface area contributed by atoms with Crippen LogP contribution in [-0.4, -0.2) is 11.2 Å². The van der Waals surface area contributed by atoms with Crippen molar-refractivity contribution in [2.24, 2.45) is 5.92 Å². The minimum atomic E-state index is 0.208. The fraction of sp³-hybridized carbons (Fsp3) is 0.500. The lowest BCUT2D eigenvalue weighted by Crippen LogP contribution is -2.29. The fourth-order valence-electron chi connectivity index (χ4n) is 2.98. The molecule has 0 heterocycles. The molecule has 1 aromatic carbocycles. The molecule has 1 aromatic rings. The maximum atomic E-state index is 8.97. The highest BCUT2D eigenvalue weighted by Gasteiger charge is 2.25. The van der Waals surface area contributed by atoms with Crippen molar-refractivity contribution in [3.8, 4) is 6.07 Å². The summed E-state index contributed by atoms with van der Waals surface area (Å²) in [6.45, 7) is 1.94. The molecular formula is C16H20ClN3. The molecule has 1 aliphatic carbocycles. The average Bonchev–Trinajstić information content (AvgIpc) is 2.91. The van der Waals surface area contributed by atoms with Crippen LogP contribution < -0.4 is 5.32 Å². The molecule has 1 unspecified atom stereocenters. The molecule has 0 radical (unpaired) electrons. The molecule has 106 valence electrons. The van der Waals surface area contributed by atoms with E-state index in [0.717, 1.165) is 11.3 Å². The monoisotopic (exact) mass is 289 g/mol. The first-order valence-corrected chi connectivity index (χ1v) is 7.48. The van der Waals surface area contributed by atoms with Crippen molar-refractivity contribution < 1.29 is 0 Å². The summed E-state index contributed by atoms with van der Waals surface area (Å²) in [7, 11) is 0. The van der Waals surface area contributed by atoms with Gasteiger partial charge in [-0.15, -0.1) is 0 Å². The van der Waals surface area contributed by atoms with Gasteiger partial charge >= 0.3 is 0 Å². The molecule has 2 N–H and O–H groups in total. The van der Waals surface area contributed by atoms with Gasteiger partial charge < -0.3 is 5.32 Å². The van der Waals surface area contributed by atoms with Gasteiger partial charge in [0.15, 0.2) is 0 Å². The second-order valence-electron chi connectivity index (χ2n) is 5.55. The highest BCUT2D eigenvalue weighted by molar-refractivity contribution is 6.64. The molecule has 1 atom stereocenters. The predicted octanol–water partition coefficient (Wildman–Crippen LogP) is 4.44. The van der Waals surface area contributed by atoms with E-state index >= 15 is 0 Å². The topological polar surface area (TPSA) is 59.7 Å². The van der Waals surface area contributed by atoms with Crippen molar-refractivity contribution in [1.82, 2.24) is 0 Å². The summed E-state index contributed by atoms with van der Waals surface area (Å²) < 4.78 is 0. The molecule has 0 bridgehead atoms. The number of rotatable bonds is 5. The molecule has 0 saturated heterocycles. The minimum absolute atomic E-state index is 0.208. The van der Waals surface area contributed by atoms with Crippen LogP contribution >= 0.6 is 11.6 Å². The molecule has 0 spiro atoms. The van der Waals surface area contributed by atoms with Crippen LogP contribution in [0, 0.1) is 29.6 Å². The van der Waals surface area contributed by atoms with Crippen molar-refractivity contribution in [2.75, 3.05) is 5.32 Å². The number of halogens is 1. The van der Waals surface area contributed by atoms with Gasteiger partial charge in [-0.2, -0.15) is 5.26 Å². The van der Waals surface area contributed by atoms with E-state index in [2.05, 4.69) is 11.4 Å². The summed E-state index contributed by atoms with van der Waals surface area (Å²) in [5, 5.41) is 20.2. The van der Waals surface area contributed by atoms with E-state index in [1.54, 1.807) is 0 Å². The van der Waals surface area contributed by atoms with Gasteiger partial charge in [-0.25, -0.2) is 0 Å². The number of anilines is 1. The van der Waals surface area contributed by atoms with E-state index in [1.165, 1.54) is 25.7 Å². The third-order valence-electron chi connectivity index (χ3n) is 4.07. The number of nitrogens with zero attached hydrogens (tertiary/aromatic N) is 1. The molecule has 2 rings (SSSR count). The van der Waals surface area contributed by atoms with Gasteiger partial charge in [0.05, 0.1) is 16.8 Å². The van der Waals surface area contributed by atoms with Crippen molar-refractivity contribution in [2.45, 2.75) is 45.1 Å². The summed E-state index contributed by atoms with van der Waals surface area (Å²) in [4.78, 5) is 0. The van der Waals surface area contributed by atoms with E-state index in [9.17, 15) is 0 Å². The number of nitriles is 1. The van der Waals surface area contributed by atoms with Crippen molar-refractivity contribution in [3.63, 3.8) is 0 Å². The van der Waals surface area contributed by atoms with Gasteiger partial charge in [0.1, 0.15) is 0 Å². The van der Waals surface area contributed by atoms with Crippen LogP contribution in [0.15, 0.2) is 18.2 Å². The molecule has 4 heteroatoms. The fourth-order valence-corrected chi connectivity index (χ4v) is 3.15. The predicted molar refractivity (Wildman–Crippen MR) is 83.5 cm³/mol. The lowest BCUT2D eigenvalue weighted by molar-refractivity contribution is 0.466. The van der Waals surface area contributed by atoms with Crippen molar-refractivity contribution in [1.29, 1.82) is 10.7 Å². The van der Waals surface area contributed by atoms with Crippen molar-refractivity contribution >= 4 is 22.5 Å². The average molecular weight is 290 g/mol. The van der Waals surface area contributed by atoms with Crippen LogP contribution in [0.25, 0.3) is 0 Å². The summed E-state index contributed by atoms with van der Waals surface area (Å²) in [5.74, 6) is 0.588. The Hall–Kier alpha value is -1.53. The highest BCUT2D eigenvalue weighted by Crippen LogP contribution is 2.31. The zero-order valence-electron chi connectivity index (χ0n) is 11.7. The minimum Gasteiger partial charge on any atom is -0.382 e. The number of aryl methyl sites for hydroxylation is 1. The Labute approximate surface area is 125 Å². The SMILES string of the molecule is Cc1cc(NC(CC(=N)Cl)C2CCCC2)ccc1C#N. The van der Waals surface area contributed by atoms with Gasteiger partial charge in [-0.3, -0.25) is 5.41 Å². The Morgan fingerprint density at radius 1 is 1.50 bits per heavy atom. The lowest BCUT2D eigenvalue weighted by atomic mass is 9.95. The Balaban J connectivity index is 2.12. The second kappa shape index (κ2) is 6.76. The number of hydrogen-bond acceptors (Lipinski definition) is 3. The molecule has 0 aromatic heterocycles. The molecule has 1 fully saturated rings. The van der Waals surface area contributed by atoms with E-state index in [0.29, 0.717) is 17.9 Å². The highest BCUT2D eigenvalue weighted by atomic mass is 35.5. The van der Waals surface area contributed by atoms with Crippen LogP contribution in [0.5, 0.6) is 0 Å². The lowest BCUT2D eigenvalue weighted by Gasteiger charge is -2.25. The van der Waals surface area contributed by atoms with E-state index in [1.807, 2.05) is 25.1 Å². The molecule has 0 aliphatic heterocycles. The molecule has 3 nitrogen and oxygen atoms in total. The third kappa shape index (κ3) is 3.74. The van der Waals surface area contributed by atoms with Crippen LogP contribution in [0.3, 0.4) is 0 Å². The first-order chi connectivity index (χ1) is 9.60. The standard InChI is InChI=1S/C16H20ClN3/c1-11-8-14(7-6-13(11)10-18)20-15(9-16(17)19)12-4-2-3-5-12/h6-8,12,15,19-20H,2-5,9H2,1H3. The first kappa shape index (κ1) is 14.9. The first-order valence-electron chi connectivity index (χ1n) is 7.10. The van der Waals surface area contributed by atoms with Crippen LogP contribution in [0.2, 0.25) is 0 Å². The van der Waals surface area contributed by atoms with E-state index in [4.69, 9.17) is 22.3 Å². The van der Waals surface area contributed by atoms with E-state index in [-0.39, 0.29) is 11.2 Å². The zero-order valence-corrected chi connectivity index (χ0v) is 12.5. The summed E-state index contributed by atoms with van der Waals surface area (Å²) >= 11 is 5.80. The molecule has 0 amide bonds. The molecular weight excluding hydrogens is 270 g/mol. The van der Waals surface area contributed by atoms with Gasteiger partial charge in [0.2, 0.25) is 0 Å². The third-order valence-corrected chi connectivity index (χ3v) is 4.22. The summed E-state index contributed by atoms with van der Waals surface area (Å²) in [6.07, 6.45) is 5.52. The Morgan fingerprint density at radius 3 is 2.75 bits per heavy atom. The zero-order chi connectivity index (χ0) is 14.5. The van der Waals surface area contributed by atoms with Gasteiger partial charge in [-0.1, -0.05) is 24.4 Å². The van der Waals surface area contributed by atoms with Crippen LogP contribution in [0.1, 0.15) is 43.2 Å². The Kier molecular flexibility index (Phi) is 5.03. The Bertz CT molecular complexity index is 527.